The van der Waals surface area contributed by atoms with Crippen LogP contribution in [0.4, 0.5) is 0 Å². The van der Waals surface area contributed by atoms with Gasteiger partial charge >= 0.3 is 0 Å². The fraction of sp³-hybridized carbons (Fsp3) is 0.385. The first kappa shape index (κ1) is 14.3. The molecule has 0 radical (unpaired) electrons. The quantitative estimate of drug-likeness (QED) is 0.830. The van der Waals surface area contributed by atoms with E-state index in [4.69, 9.17) is 4.74 Å². The summed E-state index contributed by atoms with van der Waals surface area (Å²) in [7, 11) is 3.66. The summed E-state index contributed by atoms with van der Waals surface area (Å²) in [5, 5.41) is 12.5. The van der Waals surface area contributed by atoms with Gasteiger partial charge in [0.1, 0.15) is 10.8 Å². The minimum atomic E-state index is 0.268. The summed E-state index contributed by atoms with van der Waals surface area (Å²) in [6, 6.07) is 8.41. The van der Waals surface area contributed by atoms with Crippen molar-refractivity contribution >= 4 is 23.1 Å². The van der Waals surface area contributed by atoms with E-state index in [-0.39, 0.29) is 6.04 Å². The molecule has 0 aliphatic carbocycles. The Balaban J connectivity index is 2.02. The van der Waals surface area contributed by atoms with Crippen LogP contribution in [-0.4, -0.2) is 30.1 Å². The maximum absolute atomic E-state index is 5.26. The van der Waals surface area contributed by atoms with Crippen LogP contribution < -0.4 is 10.1 Å². The van der Waals surface area contributed by atoms with Crippen LogP contribution in [-0.2, 0) is 0 Å². The number of hydrogen-bond acceptors (Lipinski definition) is 6. The molecular weight excluding hydrogens is 278 g/mol. The van der Waals surface area contributed by atoms with E-state index in [2.05, 4.69) is 27.6 Å². The number of ether oxygens (including phenoxy) is 1. The maximum Gasteiger partial charge on any atom is 0.174 e. The highest BCUT2D eigenvalue weighted by atomic mass is 32.2. The van der Waals surface area contributed by atoms with Crippen molar-refractivity contribution in [2.45, 2.75) is 17.3 Å². The Bertz CT molecular complexity index is 530. The Labute approximate surface area is 121 Å². The van der Waals surface area contributed by atoms with Crippen LogP contribution in [0.5, 0.6) is 5.75 Å². The molecule has 0 aliphatic heterocycles. The highest BCUT2D eigenvalue weighted by Gasteiger charge is 2.12. The van der Waals surface area contributed by atoms with Crippen molar-refractivity contribution in [3.8, 4) is 5.75 Å². The second-order valence-electron chi connectivity index (χ2n) is 4.02. The molecule has 0 amide bonds. The molecule has 0 bridgehead atoms. The lowest BCUT2D eigenvalue weighted by Gasteiger charge is -2.16. The van der Waals surface area contributed by atoms with Gasteiger partial charge in [0.05, 0.1) is 7.11 Å². The van der Waals surface area contributed by atoms with Crippen molar-refractivity contribution < 1.29 is 4.74 Å². The minimum Gasteiger partial charge on any atom is -0.497 e. The molecule has 102 valence electrons. The highest BCUT2D eigenvalue weighted by Crippen LogP contribution is 2.28. The Hall–Kier alpha value is -1.11. The van der Waals surface area contributed by atoms with E-state index in [0.29, 0.717) is 0 Å². The normalized spacial score (nSPS) is 12.4. The van der Waals surface area contributed by atoms with Gasteiger partial charge in [-0.2, -0.15) is 0 Å². The van der Waals surface area contributed by atoms with Crippen molar-refractivity contribution in [3.63, 3.8) is 0 Å². The molecule has 6 heteroatoms. The Morgan fingerprint density at radius 3 is 2.89 bits per heavy atom. The zero-order valence-corrected chi connectivity index (χ0v) is 12.8. The van der Waals surface area contributed by atoms with Crippen LogP contribution in [0.25, 0.3) is 0 Å². The SMILES string of the molecule is CNC(CSc1nnc(C)s1)c1cccc(OC)c1. The monoisotopic (exact) mass is 295 g/mol. The number of nitrogens with zero attached hydrogens (tertiary/aromatic N) is 2. The molecule has 19 heavy (non-hydrogen) atoms. The van der Waals surface area contributed by atoms with Crippen LogP contribution in [0.3, 0.4) is 0 Å². The summed E-state index contributed by atoms with van der Waals surface area (Å²) in [6.07, 6.45) is 0. The third-order valence-corrected chi connectivity index (χ3v) is 4.79. The lowest BCUT2D eigenvalue weighted by molar-refractivity contribution is 0.413. The number of methoxy groups -OCH3 is 1. The van der Waals surface area contributed by atoms with Gasteiger partial charge in [-0.1, -0.05) is 35.2 Å². The van der Waals surface area contributed by atoms with E-state index < -0.39 is 0 Å². The summed E-state index contributed by atoms with van der Waals surface area (Å²) >= 11 is 3.36. The van der Waals surface area contributed by atoms with E-state index in [1.54, 1.807) is 30.2 Å². The van der Waals surface area contributed by atoms with Crippen LogP contribution in [0.2, 0.25) is 0 Å². The first-order chi connectivity index (χ1) is 9.22. The number of aromatic nitrogens is 2. The Kier molecular flexibility index (Phi) is 5.18. The van der Waals surface area contributed by atoms with Gasteiger partial charge in [0.15, 0.2) is 4.34 Å². The number of benzene rings is 1. The van der Waals surface area contributed by atoms with Crippen LogP contribution in [0.15, 0.2) is 28.6 Å². The molecular formula is C13H17N3OS2. The number of hydrogen-bond donors (Lipinski definition) is 1. The van der Waals surface area contributed by atoms with Crippen molar-refractivity contribution in [2.75, 3.05) is 19.9 Å². The molecule has 2 aromatic rings. The lowest BCUT2D eigenvalue weighted by atomic mass is 10.1. The molecule has 4 nitrogen and oxygen atoms in total. The molecule has 0 fully saturated rings. The topological polar surface area (TPSA) is 47.0 Å². The zero-order valence-electron chi connectivity index (χ0n) is 11.2. The Morgan fingerprint density at radius 2 is 2.26 bits per heavy atom. The Morgan fingerprint density at radius 1 is 1.42 bits per heavy atom. The van der Waals surface area contributed by atoms with Crippen LogP contribution in [0.1, 0.15) is 16.6 Å². The van der Waals surface area contributed by atoms with Gasteiger partial charge in [0.2, 0.25) is 0 Å². The predicted molar refractivity (Wildman–Crippen MR) is 80.2 cm³/mol. The fourth-order valence-electron chi connectivity index (χ4n) is 1.70. The van der Waals surface area contributed by atoms with E-state index in [1.165, 1.54) is 5.56 Å². The fourth-order valence-corrected chi connectivity index (χ4v) is 3.68. The molecule has 1 aromatic heterocycles. The van der Waals surface area contributed by atoms with Gasteiger partial charge in [-0.05, 0) is 31.7 Å². The number of aryl methyl sites for hydroxylation is 1. The van der Waals surface area contributed by atoms with E-state index in [0.717, 1.165) is 20.8 Å². The van der Waals surface area contributed by atoms with E-state index in [1.807, 2.05) is 26.1 Å². The van der Waals surface area contributed by atoms with Gasteiger partial charge in [-0.15, -0.1) is 10.2 Å². The van der Waals surface area contributed by atoms with Crippen molar-refractivity contribution in [1.82, 2.24) is 15.5 Å². The van der Waals surface area contributed by atoms with Gasteiger partial charge < -0.3 is 10.1 Å². The number of thioether (sulfide) groups is 1. The van der Waals surface area contributed by atoms with Crippen LogP contribution >= 0.6 is 23.1 Å². The van der Waals surface area contributed by atoms with Gasteiger partial charge in [-0.3, -0.25) is 0 Å². The molecule has 1 aromatic carbocycles. The van der Waals surface area contributed by atoms with Crippen molar-refractivity contribution in [3.05, 3.63) is 34.8 Å². The second-order valence-corrected chi connectivity index (χ2v) is 6.46. The summed E-state index contributed by atoms with van der Waals surface area (Å²) in [6.45, 7) is 1.97. The molecule has 1 N–H and O–H groups in total. The smallest absolute Gasteiger partial charge is 0.174 e. The maximum atomic E-state index is 5.26. The summed E-state index contributed by atoms with van der Waals surface area (Å²) in [5.41, 5.74) is 1.22. The zero-order chi connectivity index (χ0) is 13.7. The summed E-state index contributed by atoms with van der Waals surface area (Å²) in [4.78, 5) is 0. The summed E-state index contributed by atoms with van der Waals surface area (Å²) in [5.74, 6) is 1.80. The number of rotatable bonds is 6. The summed E-state index contributed by atoms with van der Waals surface area (Å²) < 4.78 is 6.28. The first-order valence-electron chi connectivity index (χ1n) is 5.97. The predicted octanol–water partition coefficient (Wildman–Crippen LogP) is 2.91. The van der Waals surface area contributed by atoms with Gasteiger partial charge in [0.25, 0.3) is 0 Å². The van der Waals surface area contributed by atoms with Crippen molar-refractivity contribution in [2.24, 2.45) is 0 Å². The second kappa shape index (κ2) is 6.88. The third-order valence-electron chi connectivity index (χ3n) is 2.73. The largest absolute Gasteiger partial charge is 0.497 e. The van der Waals surface area contributed by atoms with E-state index in [9.17, 15) is 0 Å². The molecule has 0 aliphatic rings. The standard InChI is InChI=1S/C13H17N3OS2/c1-9-15-16-13(19-9)18-8-12(14-2)10-5-4-6-11(7-10)17-3/h4-7,12,14H,8H2,1-3H3. The van der Waals surface area contributed by atoms with E-state index >= 15 is 0 Å². The molecule has 1 atom stereocenters. The highest BCUT2D eigenvalue weighted by molar-refractivity contribution is 8.01. The van der Waals surface area contributed by atoms with Gasteiger partial charge in [0, 0.05) is 11.8 Å². The molecule has 2 rings (SSSR count). The molecule has 0 spiro atoms. The van der Waals surface area contributed by atoms with Crippen LogP contribution in [0, 0.1) is 6.92 Å². The number of nitrogens with one attached hydrogen (secondary N) is 1. The third kappa shape index (κ3) is 3.92. The average molecular weight is 295 g/mol. The molecule has 1 heterocycles. The molecule has 0 saturated heterocycles. The van der Waals surface area contributed by atoms with Gasteiger partial charge in [-0.25, -0.2) is 0 Å². The van der Waals surface area contributed by atoms with Crippen molar-refractivity contribution in [1.29, 1.82) is 0 Å². The molecule has 0 saturated carbocycles. The first-order valence-corrected chi connectivity index (χ1v) is 7.77. The minimum absolute atomic E-state index is 0.268. The molecule has 1 unspecified atom stereocenters. The average Bonchev–Trinajstić information content (AvgIpc) is 2.85. The lowest BCUT2D eigenvalue weighted by Crippen LogP contribution is -2.18.